The highest BCUT2D eigenvalue weighted by atomic mass is 16.1. The minimum Gasteiger partial charge on any atom is -0.352 e. The van der Waals surface area contributed by atoms with Crippen LogP contribution in [0, 0.1) is 6.92 Å². The highest BCUT2D eigenvalue weighted by Crippen LogP contribution is 2.15. The summed E-state index contributed by atoms with van der Waals surface area (Å²) in [7, 11) is 0. The van der Waals surface area contributed by atoms with Gasteiger partial charge >= 0.3 is 0 Å². The third-order valence-electron chi connectivity index (χ3n) is 1.87. The van der Waals surface area contributed by atoms with Crippen LogP contribution in [-0.4, -0.2) is 16.3 Å². The number of hydrogen-bond donors (Lipinski definition) is 1. The Hall–Kier alpha value is -1.64. The summed E-state index contributed by atoms with van der Waals surface area (Å²) in [5.41, 5.74) is 2.65. The second-order valence-electron chi connectivity index (χ2n) is 2.76. The zero-order valence-corrected chi connectivity index (χ0v) is 6.66. The lowest BCUT2D eigenvalue weighted by molar-refractivity contribution is 0.112. The molecule has 0 aliphatic heterocycles. The van der Waals surface area contributed by atoms with E-state index in [1.807, 2.05) is 6.92 Å². The largest absolute Gasteiger partial charge is 0.352 e. The van der Waals surface area contributed by atoms with Gasteiger partial charge in [-0.15, -0.1) is 0 Å². The van der Waals surface area contributed by atoms with Gasteiger partial charge in [0.05, 0.1) is 11.2 Å². The fourth-order valence-corrected chi connectivity index (χ4v) is 1.28. The number of aryl methyl sites for hydroxylation is 1. The molecule has 3 heteroatoms. The number of carbonyl (C=O) groups excluding carboxylic acids is 1. The van der Waals surface area contributed by atoms with Crippen molar-refractivity contribution in [1.29, 1.82) is 0 Å². The van der Waals surface area contributed by atoms with Crippen molar-refractivity contribution < 1.29 is 4.79 Å². The predicted molar refractivity (Wildman–Crippen MR) is 46.2 cm³/mol. The SMILES string of the molecule is Cc1cncc2cc(C=O)[nH]c12. The van der Waals surface area contributed by atoms with Gasteiger partial charge in [0, 0.05) is 17.8 Å². The van der Waals surface area contributed by atoms with Crippen LogP contribution < -0.4 is 0 Å². The lowest BCUT2D eigenvalue weighted by Crippen LogP contribution is -1.79. The van der Waals surface area contributed by atoms with E-state index in [4.69, 9.17) is 0 Å². The van der Waals surface area contributed by atoms with Gasteiger partial charge in [0.2, 0.25) is 0 Å². The molecule has 12 heavy (non-hydrogen) atoms. The quantitative estimate of drug-likeness (QED) is 0.645. The van der Waals surface area contributed by atoms with E-state index in [-0.39, 0.29) is 0 Å². The Bertz CT molecular complexity index is 431. The summed E-state index contributed by atoms with van der Waals surface area (Å²) >= 11 is 0. The fourth-order valence-electron chi connectivity index (χ4n) is 1.28. The van der Waals surface area contributed by atoms with Gasteiger partial charge in [0.15, 0.2) is 6.29 Å². The summed E-state index contributed by atoms with van der Waals surface area (Å²) in [6, 6.07) is 1.79. The van der Waals surface area contributed by atoms with Crippen molar-refractivity contribution in [3.8, 4) is 0 Å². The summed E-state index contributed by atoms with van der Waals surface area (Å²) in [5.74, 6) is 0. The van der Waals surface area contributed by atoms with Crippen molar-refractivity contribution in [2.45, 2.75) is 6.92 Å². The van der Waals surface area contributed by atoms with E-state index in [1.54, 1.807) is 18.5 Å². The topological polar surface area (TPSA) is 45.8 Å². The fraction of sp³-hybridized carbons (Fsp3) is 0.111. The van der Waals surface area contributed by atoms with Crippen molar-refractivity contribution in [2.75, 3.05) is 0 Å². The molecule has 60 valence electrons. The number of rotatable bonds is 1. The van der Waals surface area contributed by atoms with Gasteiger partial charge in [-0.1, -0.05) is 0 Å². The standard InChI is InChI=1S/C9H8N2O/c1-6-3-10-4-7-2-8(5-12)11-9(6)7/h2-5,11H,1H3. The van der Waals surface area contributed by atoms with Crippen LogP contribution in [-0.2, 0) is 0 Å². The molecule has 0 saturated heterocycles. The molecule has 0 saturated carbocycles. The average molecular weight is 160 g/mol. The van der Waals surface area contributed by atoms with Gasteiger partial charge in [-0.3, -0.25) is 9.78 Å². The number of H-pyrrole nitrogens is 1. The highest BCUT2D eigenvalue weighted by molar-refractivity contribution is 5.88. The monoisotopic (exact) mass is 160 g/mol. The molecule has 0 unspecified atom stereocenters. The van der Waals surface area contributed by atoms with Crippen LogP contribution >= 0.6 is 0 Å². The van der Waals surface area contributed by atoms with Gasteiger partial charge in [0.1, 0.15) is 0 Å². The number of hydrogen-bond acceptors (Lipinski definition) is 2. The average Bonchev–Trinajstić information content (AvgIpc) is 2.49. The first-order valence-corrected chi connectivity index (χ1v) is 3.70. The Balaban J connectivity index is 2.82. The first kappa shape index (κ1) is 7.03. The van der Waals surface area contributed by atoms with E-state index in [1.165, 1.54) is 0 Å². The van der Waals surface area contributed by atoms with Crippen LogP contribution in [0.25, 0.3) is 10.9 Å². The highest BCUT2D eigenvalue weighted by Gasteiger charge is 2.01. The van der Waals surface area contributed by atoms with Gasteiger partial charge in [-0.25, -0.2) is 0 Å². The second kappa shape index (κ2) is 2.44. The van der Waals surface area contributed by atoms with Crippen molar-refractivity contribution in [1.82, 2.24) is 9.97 Å². The molecule has 2 aromatic heterocycles. The Morgan fingerprint density at radius 1 is 1.50 bits per heavy atom. The molecule has 2 rings (SSSR count). The van der Waals surface area contributed by atoms with Crippen LogP contribution in [0.5, 0.6) is 0 Å². The second-order valence-corrected chi connectivity index (χ2v) is 2.76. The van der Waals surface area contributed by atoms with E-state index in [9.17, 15) is 4.79 Å². The molecule has 0 fully saturated rings. The lowest BCUT2D eigenvalue weighted by Gasteiger charge is -1.91. The summed E-state index contributed by atoms with van der Waals surface area (Å²) in [6.07, 6.45) is 4.32. The molecular weight excluding hydrogens is 152 g/mol. The molecule has 0 amide bonds. The van der Waals surface area contributed by atoms with Crippen molar-refractivity contribution in [3.63, 3.8) is 0 Å². The number of nitrogens with one attached hydrogen (secondary N) is 1. The number of pyridine rings is 1. The van der Waals surface area contributed by atoms with E-state index in [0.29, 0.717) is 5.69 Å². The van der Waals surface area contributed by atoms with E-state index >= 15 is 0 Å². The number of nitrogens with zero attached hydrogens (tertiary/aromatic N) is 1. The first-order chi connectivity index (χ1) is 5.81. The van der Waals surface area contributed by atoms with Crippen LogP contribution in [0.2, 0.25) is 0 Å². The molecule has 2 aromatic rings. The minimum atomic E-state index is 0.598. The summed E-state index contributed by atoms with van der Waals surface area (Å²) in [4.78, 5) is 17.5. The maximum absolute atomic E-state index is 10.4. The van der Waals surface area contributed by atoms with Crippen LogP contribution in [0.1, 0.15) is 16.1 Å². The number of aromatic nitrogens is 2. The first-order valence-electron chi connectivity index (χ1n) is 3.70. The number of carbonyl (C=O) groups is 1. The van der Waals surface area contributed by atoms with Gasteiger partial charge < -0.3 is 4.98 Å². The van der Waals surface area contributed by atoms with Crippen molar-refractivity contribution >= 4 is 17.2 Å². The van der Waals surface area contributed by atoms with Crippen molar-refractivity contribution in [3.05, 3.63) is 29.7 Å². The third-order valence-corrected chi connectivity index (χ3v) is 1.87. The summed E-state index contributed by atoms with van der Waals surface area (Å²) in [6.45, 7) is 1.96. The zero-order chi connectivity index (χ0) is 8.55. The van der Waals surface area contributed by atoms with Gasteiger partial charge in [-0.2, -0.15) is 0 Å². The van der Waals surface area contributed by atoms with Crippen LogP contribution in [0.3, 0.4) is 0 Å². The number of fused-ring (bicyclic) bond motifs is 1. The smallest absolute Gasteiger partial charge is 0.166 e. The zero-order valence-electron chi connectivity index (χ0n) is 6.66. The predicted octanol–water partition coefficient (Wildman–Crippen LogP) is 1.68. The molecule has 0 aliphatic rings. The lowest BCUT2D eigenvalue weighted by atomic mass is 10.2. The summed E-state index contributed by atoms with van der Waals surface area (Å²) in [5, 5.41) is 0.983. The third kappa shape index (κ3) is 0.906. The van der Waals surface area contributed by atoms with Gasteiger partial charge in [0.25, 0.3) is 0 Å². The van der Waals surface area contributed by atoms with Crippen LogP contribution in [0.4, 0.5) is 0 Å². The normalized spacial score (nSPS) is 10.4. The van der Waals surface area contributed by atoms with E-state index < -0.39 is 0 Å². The Morgan fingerprint density at radius 2 is 2.33 bits per heavy atom. The summed E-state index contributed by atoms with van der Waals surface area (Å²) < 4.78 is 0. The molecule has 0 aromatic carbocycles. The molecular formula is C9H8N2O. The molecule has 0 aliphatic carbocycles. The Kier molecular flexibility index (Phi) is 1.43. The minimum absolute atomic E-state index is 0.598. The number of aromatic amines is 1. The Labute approximate surface area is 69.4 Å². The number of aldehydes is 1. The molecule has 0 bridgehead atoms. The Morgan fingerprint density at radius 3 is 3.00 bits per heavy atom. The van der Waals surface area contributed by atoms with Crippen LogP contribution in [0.15, 0.2) is 18.5 Å². The van der Waals surface area contributed by atoms with Gasteiger partial charge in [-0.05, 0) is 18.6 Å². The van der Waals surface area contributed by atoms with E-state index in [0.717, 1.165) is 22.8 Å². The van der Waals surface area contributed by atoms with E-state index in [2.05, 4.69) is 9.97 Å². The molecule has 1 N–H and O–H groups in total. The molecule has 0 radical (unpaired) electrons. The molecule has 0 spiro atoms. The molecule has 2 heterocycles. The maximum Gasteiger partial charge on any atom is 0.166 e. The van der Waals surface area contributed by atoms with Crippen molar-refractivity contribution in [2.24, 2.45) is 0 Å². The molecule has 3 nitrogen and oxygen atoms in total. The molecule has 0 atom stereocenters. The maximum atomic E-state index is 10.4.